The van der Waals surface area contributed by atoms with Crippen LogP contribution in [0.2, 0.25) is 0 Å². The molecule has 12 nitrogen and oxygen atoms in total. The Balaban J connectivity index is 2.14. The molecule has 0 saturated carbocycles. The smallest absolute Gasteiger partial charge is 0.224 e. The van der Waals surface area contributed by atoms with Gasteiger partial charge in [0.05, 0.1) is 19.3 Å². The predicted molar refractivity (Wildman–Crippen MR) is 82.3 cm³/mol. The zero-order chi connectivity index (χ0) is 20.4. The Morgan fingerprint density at radius 2 is 1.70 bits per heavy atom. The molecule has 0 aromatic heterocycles. The number of hydrogen-bond acceptors (Lipinski definition) is 12. The zero-order valence-corrected chi connectivity index (χ0v) is 14.2. The summed E-state index contributed by atoms with van der Waals surface area (Å²) in [5.74, 6) is -2.26. The average Bonchev–Trinajstić information content (AvgIpc) is 2.92. The Hall–Kier alpha value is -0.950. The van der Waals surface area contributed by atoms with Crippen LogP contribution in [0.4, 0.5) is 0 Å². The number of nitrogens with zero attached hydrogens (tertiary/aromatic N) is 1. The van der Waals surface area contributed by atoms with E-state index in [1.54, 1.807) is 6.07 Å². The Kier molecular flexibility index (Phi) is 7.47. The Bertz CT molecular complexity index is 530. The van der Waals surface area contributed by atoms with Crippen molar-refractivity contribution in [3.63, 3.8) is 0 Å². The molecule has 0 bridgehead atoms. The van der Waals surface area contributed by atoms with Gasteiger partial charge in [0, 0.05) is 0 Å². The van der Waals surface area contributed by atoms with Crippen molar-refractivity contribution in [3.05, 3.63) is 6.92 Å². The molecule has 0 aromatic rings. The fraction of sp³-hybridized carbons (Fsp3) is 0.867. The fourth-order valence-electron chi connectivity index (χ4n) is 2.87. The van der Waals surface area contributed by atoms with Gasteiger partial charge in [-0.3, -0.25) is 0 Å². The van der Waals surface area contributed by atoms with Crippen molar-refractivity contribution >= 4 is 0 Å². The summed E-state index contributed by atoms with van der Waals surface area (Å²) < 4.78 is 20.9. The van der Waals surface area contributed by atoms with E-state index in [1.165, 1.54) is 0 Å². The Labute approximate surface area is 154 Å². The third-order valence-corrected chi connectivity index (χ3v) is 4.50. The molecule has 0 aliphatic carbocycles. The lowest BCUT2D eigenvalue weighted by Crippen LogP contribution is -2.62. The summed E-state index contributed by atoms with van der Waals surface area (Å²) in [4.78, 5) is 0. The number of ether oxygens (including phenoxy) is 4. The number of rotatable bonds is 7. The maximum absolute atomic E-state index is 10.1. The van der Waals surface area contributed by atoms with Gasteiger partial charge < -0.3 is 54.7 Å². The van der Waals surface area contributed by atoms with Crippen LogP contribution in [0.15, 0.2) is 0 Å². The van der Waals surface area contributed by atoms with E-state index in [0.717, 1.165) is 0 Å². The molecule has 27 heavy (non-hydrogen) atoms. The summed E-state index contributed by atoms with van der Waals surface area (Å²) in [6.07, 6.45) is -13.9. The minimum atomic E-state index is -2.26. The highest BCUT2D eigenvalue weighted by molar-refractivity contribution is 4.98. The van der Waals surface area contributed by atoms with Gasteiger partial charge in [-0.25, -0.2) is 0 Å². The van der Waals surface area contributed by atoms with Gasteiger partial charge >= 0.3 is 0 Å². The van der Waals surface area contributed by atoms with Crippen molar-refractivity contribution in [1.29, 1.82) is 5.26 Å². The summed E-state index contributed by atoms with van der Waals surface area (Å²) >= 11 is 0. The van der Waals surface area contributed by atoms with E-state index in [1.807, 2.05) is 0 Å². The van der Waals surface area contributed by atoms with E-state index in [2.05, 4.69) is 6.92 Å². The molecule has 155 valence electrons. The van der Waals surface area contributed by atoms with Crippen LogP contribution >= 0.6 is 0 Å². The van der Waals surface area contributed by atoms with Crippen molar-refractivity contribution in [2.45, 2.75) is 60.9 Å². The quantitative estimate of drug-likeness (QED) is 0.218. The third kappa shape index (κ3) is 4.39. The summed E-state index contributed by atoms with van der Waals surface area (Å²) in [6, 6.07) is 1.70. The first-order valence-corrected chi connectivity index (χ1v) is 8.18. The van der Waals surface area contributed by atoms with Gasteiger partial charge in [0.1, 0.15) is 55.4 Å². The molecule has 1 unspecified atom stereocenters. The Morgan fingerprint density at radius 1 is 1.04 bits per heavy atom. The molecule has 12 heteroatoms. The summed E-state index contributed by atoms with van der Waals surface area (Å²) in [6.45, 7) is 1.31. The van der Waals surface area contributed by atoms with Gasteiger partial charge in [-0.1, -0.05) is 0 Å². The van der Waals surface area contributed by atoms with Crippen molar-refractivity contribution in [1.82, 2.24) is 0 Å². The van der Waals surface area contributed by atoms with E-state index in [9.17, 15) is 30.6 Å². The number of aliphatic hydroxyl groups excluding tert-OH is 7. The number of nitriles is 1. The van der Waals surface area contributed by atoms with Crippen molar-refractivity contribution in [2.75, 3.05) is 19.8 Å². The van der Waals surface area contributed by atoms with Gasteiger partial charge in [0.15, 0.2) is 6.29 Å². The van der Waals surface area contributed by atoms with Gasteiger partial charge in [0.25, 0.3) is 0 Å². The second-order valence-electron chi connectivity index (χ2n) is 6.33. The van der Waals surface area contributed by atoms with Crippen LogP contribution < -0.4 is 0 Å². The van der Waals surface area contributed by atoms with Crippen molar-refractivity contribution in [2.24, 2.45) is 0 Å². The average molecular weight is 394 g/mol. The molecule has 7 N–H and O–H groups in total. The minimum Gasteiger partial charge on any atom is -0.394 e. The SMILES string of the molecule is [CH2]C(C#N)OC[C@H]1O[C@H](O[C@]2(CO)O[C@H](CO)[C@@H](O)[C@@H]2O)[C@H](O)[C@@H](O)[C@@H]1O. The molecule has 2 heterocycles. The van der Waals surface area contributed by atoms with Crippen LogP contribution in [-0.4, -0.2) is 116 Å². The van der Waals surface area contributed by atoms with Gasteiger partial charge in [0.2, 0.25) is 5.79 Å². The second-order valence-corrected chi connectivity index (χ2v) is 6.33. The summed E-state index contributed by atoms with van der Waals surface area (Å²) in [5, 5.41) is 77.5. The number of hydrogen-bond donors (Lipinski definition) is 7. The highest BCUT2D eigenvalue weighted by atomic mass is 16.8. The number of aliphatic hydroxyl groups is 7. The second kappa shape index (κ2) is 9.03. The minimum absolute atomic E-state index is 0.385. The van der Waals surface area contributed by atoms with Crippen molar-refractivity contribution in [3.8, 4) is 6.07 Å². The molecule has 2 aliphatic rings. The van der Waals surface area contributed by atoms with Crippen LogP contribution in [0.1, 0.15) is 0 Å². The van der Waals surface area contributed by atoms with E-state index in [0.29, 0.717) is 0 Å². The van der Waals surface area contributed by atoms with E-state index in [-0.39, 0.29) is 6.61 Å². The molecule has 2 saturated heterocycles. The highest BCUT2D eigenvalue weighted by Gasteiger charge is 2.58. The van der Waals surface area contributed by atoms with Crippen molar-refractivity contribution < 1.29 is 54.7 Å². The molecular formula is C15H24NO11. The molecule has 10 atom stereocenters. The van der Waals surface area contributed by atoms with Crippen LogP contribution in [-0.2, 0) is 18.9 Å². The molecule has 1 radical (unpaired) electrons. The maximum Gasteiger partial charge on any atom is 0.224 e. The first kappa shape index (κ1) is 22.3. The van der Waals surface area contributed by atoms with Gasteiger partial charge in [-0.05, 0) is 6.92 Å². The molecule has 2 rings (SSSR count). The molecule has 0 spiro atoms. The molecule has 2 aliphatic heterocycles. The lowest BCUT2D eigenvalue weighted by molar-refractivity contribution is -0.384. The topological polar surface area (TPSA) is 202 Å². The first-order valence-electron chi connectivity index (χ1n) is 8.18. The van der Waals surface area contributed by atoms with E-state index in [4.69, 9.17) is 29.3 Å². The highest BCUT2D eigenvalue weighted by Crippen LogP contribution is 2.36. The van der Waals surface area contributed by atoms with Crippen LogP contribution in [0.25, 0.3) is 0 Å². The lowest BCUT2D eigenvalue weighted by atomic mass is 9.99. The van der Waals surface area contributed by atoms with E-state index >= 15 is 0 Å². The van der Waals surface area contributed by atoms with Crippen LogP contribution in [0, 0.1) is 18.3 Å². The third-order valence-electron chi connectivity index (χ3n) is 4.50. The standard InChI is InChI=1S/C15H24NO11/c1-6(2-16)24-4-8-9(19)11(21)12(22)14(25-8)27-15(5-18)13(23)10(20)7(3-17)26-15/h6-14,17-23H,1,3-5H2/t6?,7-,8-,9-,10-,11+,12-,13+,14-,15+/m1/s1. The van der Waals surface area contributed by atoms with E-state index < -0.39 is 74.1 Å². The monoisotopic (exact) mass is 394 g/mol. The fourth-order valence-corrected chi connectivity index (χ4v) is 2.87. The summed E-state index contributed by atoms with van der Waals surface area (Å²) in [5.41, 5.74) is 0. The molecule has 2 fully saturated rings. The molecule has 0 amide bonds. The lowest BCUT2D eigenvalue weighted by Gasteiger charge is -2.43. The van der Waals surface area contributed by atoms with Crippen LogP contribution in [0.5, 0.6) is 0 Å². The Morgan fingerprint density at radius 3 is 2.22 bits per heavy atom. The summed E-state index contributed by atoms with van der Waals surface area (Å²) in [7, 11) is 0. The predicted octanol–water partition coefficient (Wildman–Crippen LogP) is -4.65. The maximum atomic E-state index is 10.1. The molecular weight excluding hydrogens is 370 g/mol. The van der Waals surface area contributed by atoms with Crippen LogP contribution in [0.3, 0.4) is 0 Å². The normalized spacial score (nSPS) is 46.2. The molecule has 0 aromatic carbocycles. The van der Waals surface area contributed by atoms with Gasteiger partial charge in [-0.15, -0.1) is 0 Å². The largest absolute Gasteiger partial charge is 0.394 e. The van der Waals surface area contributed by atoms with Gasteiger partial charge in [-0.2, -0.15) is 5.26 Å². The first-order chi connectivity index (χ1) is 12.7. The zero-order valence-electron chi connectivity index (χ0n) is 14.2.